The Hall–Kier alpha value is -2.54. The molecule has 112 valence electrons. The summed E-state index contributed by atoms with van der Waals surface area (Å²) in [6.07, 6.45) is 2.42. The van der Waals surface area contributed by atoms with Crippen LogP contribution in [0.2, 0.25) is 0 Å². The van der Waals surface area contributed by atoms with Crippen molar-refractivity contribution in [3.63, 3.8) is 0 Å². The molecular weight excluding hydrogens is 300 g/mol. The van der Waals surface area contributed by atoms with Crippen molar-refractivity contribution in [1.29, 1.82) is 0 Å². The van der Waals surface area contributed by atoms with Crippen molar-refractivity contribution in [2.75, 3.05) is 5.32 Å². The lowest BCUT2D eigenvalue weighted by Crippen LogP contribution is -2.14. The van der Waals surface area contributed by atoms with E-state index in [2.05, 4.69) is 15.4 Å². The average molecular weight is 314 g/mol. The molecule has 1 N–H and O–H groups in total. The molecule has 1 amide bonds. The minimum atomic E-state index is -0.370. The number of aromatic nitrogens is 3. The largest absolute Gasteiger partial charge is 0.321 e. The van der Waals surface area contributed by atoms with E-state index in [1.807, 2.05) is 31.2 Å². The third-order valence-electron chi connectivity index (χ3n) is 3.27. The van der Waals surface area contributed by atoms with Crippen LogP contribution >= 0.6 is 11.3 Å². The van der Waals surface area contributed by atoms with Crippen LogP contribution in [0.3, 0.4) is 0 Å². The quantitative estimate of drug-likeness (QED) is 0.804. The highest BCUT2D eigenvalue weighted by Crippen LogP contribution is 2.19. The summed E-state index contributed by atoms with van der Waals surface area (Å²) in [6.45, 7) is 3.63. The summed E-state index contributed by atoms with van der Waals surface area (Å²) in [5.74, 6) is -0.233. The van der Waals surface area contributed by atoms with Gasteiger partial charge in [-0.15, -0.1) is 0 Å². The molecule has 7 heteroatoms. The van der Waals surface area contributed by atoms with Crippen LogP contribution in [0.1, 0.15) is 27.9 Å². The number of aryl methyl sites for hydroxylation is 2. The summed E-state index contributed by atoms with van der Waals surface area (Å²) in [4.78, 5) is 28.6. The van der Waals surface area contributed by atoms with Crippen LogP contribution in [0.25, 0.3) is 4.96 Å². The molecule has 1 aromatic carbocycles. The molecule has 0 aliphatic rings. The SMILES string of the molecule is CCc1ccccc1NC(=O)c1cn2nc(C)c(=O)nc2s1. The zero-order valence-electron chi connectivity index (χ0n) is 12.2. The number of para-hydroxylation sites is 1. The number of carbonyl (C=O) groups excluding carboxylic acids is 1. The molecule has 0 saturated carbocycles. The summed E-state index contributed by atoms with van der Waals surface area (Å²) in [5, 5.41) is 6.98. The third kappa shape index (κ3) is 2.62. The number of nitrogens with one attached hydrogen (secondary N) is 1. The topological polar surface area (TPSA) is 76.4 Å². The summed E-state index contributed by atoms with van der Waals surface area (Å²) >= 11 is 1.14. The van der Waals surface area contributed by atoms with Crippen molar-refractivity contribution in [2.24, 2.45) is 0 Å². The van der Waals surface area contributed by atoms with Gasteiger partial charge < -0.3 is 5.32 Å². The number of amides is 1. The molecule has 0 unspecified atom stereocenters. The predicted octanol–water partition coefficient (Wildman–Crippen LogP) is 2.27. The fourth-order valence-electron chi connectivity index (χ4n) is 2.10. The number of rotatable bonds is 3. The maximum absolute atomic E-state index is 12.4. The number of hydrogen-bond donors (Lipinski definition) is 1. The lowest BCUT2D eigenvalue weighted by atomic mass is 10.1. The Balaban J connectivity index is 1.94. The van der Waals surface area contributed by atoms with Crippen LogP contribution < -0.4 is 10.9 Å². The van der Waals surface area contributed by atoms with E-state index in [0.717, 1.165) is 29.0 Å². The van der Waals surface area contributed by atoms with Crippen molar-refractivity contribution in [1.82, 2.24) is 14.6 Å². The van der Waals surface area contributed by atoms with Crippen molar-refractivity contribution < 1.29 is 4.79 Å². The maximum Gasteiger partial charge on any atom is 0.295 e. The monoisotopic (exact) mass is 314 g/mol. The zero-order chi connectivity index (χ0) is 15.7. The predicted molar refractivity (Wildman–Crippen MR) is 85.6 cm³/mol. The van der Waals surface area contributed by atoms with Gasteiger partial charge in [-0.05, 0) is 25.0 Å². The van der Waals surface area contributed by atoms with E-state index in [1.54, 1.807) is 13.1 Å². The highest BCUT2D eigenvalue weighted by Gasteiger charge is 2.14. The van der Waals surface area contributed by atoms with Gasteiger partial charge in [-0.25, -0.2) is 4.52 Å². The van der Waals surface area contributed by atoms with Crippen molar-refractivity contribution >= 4 is 27.9 Å². The van der Waals surface area contributed by atoms with Crippen LogP contribution in [0, 0.1) is 6.92 Å². The van der Waals surface area contributed by atoms with Gasteiger partial charge in [0.25, 0.3) is 11.5 Å². The van der Waals surface area contributed by atoms with E-state index < -0.39 is 0 Å². The third-order valence-corrected chi connectivity index (χ3v) is 4.24. The first-order valence-electron chi connectivity index (χ1n) is 6.85. The highest BCUT2D eigenvalue weighted by atomic mass is 32.1. The molecule has 0 aliphatic heterocycles. The van der Waals surface area contributed by atoms with Crippen molar-refractivity contribution in [3.8, 4) is 0 Å². The lowest BCUT2D eigenvalue weighted by Gasteiger charge is -2.08. The second-order valence-electron chi connectivity index (χ2n) is 4.79. The minimum Gasteiger partial charge on any atom is -0.321 e. The Labute approximate surface area is 130 Å². The molecule has 2 heterocycles. The van der Waals surface area contributed by atoms with Gasteiger partial charge in [0.15, 0.2) is 0 Å². The van der Waals surface area contributed by atoms with Gasteiger partial charge in [0, 0.05) is 5.69 Å². The number of thiazole rings is 1. The normalized spacial score (nSPS) is 10.8. The molecule has 0 saturated heterocycles. The summed E-state index contributed by atoms with van der Waals surface area (Å²) in [5.41, 5.74) is 1.79. The molecule has 0 bridgehead atoms. The summed E-state index contributed by atoms with van der Waals surface area (Å²) < 4.78 is 1.46. The highest BCUT2D eigenvalue weighted by molar-refractivity contribution is 7.18. The fourth-order valence-corrected chi connectivity index (χ4v) is 2.90. The van der Waals surface area contributed by atoms with E-state index in [-0.39, 0.29) is 11.5 Å². The van der Waals surface area contributed by atoms with Crippen LogP contribution in [0.5, 0.6) is 0 Å². The van der Waals surface area contributed by atoms with Crippen LogP contribution in [0.15, 0.2) is 35.3 Å². The number of benzene rings is 1. The molecule has 0 radical (unpaired) electrons. The molecular formula is C15H14N4O2S. The first-order chi connectivity index (χ1) is 10.6. The molecule has 0 aliphatic carbocycles. The molecule has 0 atom stereocenters. The standard InChI is InChI=1S/C15H14N4O2S/c1-3-10-6-4-5-7-11(10)16-14(21)12-8-19-15(22-12)17-13(20)9(2)18-19/h4-8H,3H2,1-2H3,(H,16,21). The number of nitrogens with zero attached hydrogens (tertiary/aromatic N) is 3. The fraction of sp³-hybridized carbons (Fsp3) is 0.200. The van der Waals surface area contributed by atoms with Crippen LogP contribution in [-0.4, -0.2) is 20.5 Å². The Kier molecular flexibility index (Phi) is 3.72. The smallest absolute Gasteiger partial charge is 0.295 e. The van der Waals surface area contributed by atoms with Crippen LogP contribution in [-0.2, 0) is 6.42 Å². The second-order valence-corrected chi connectivity index (χ2v) is 5.80. The van der Waals surface area contributed by atoms with Crippen LogP contribution in [0.4, 0.5) is 5.69 Å². The Morgan fingerprint density at radius 1 is 1.36 bits per heavy atom. The number of anilines is 1. The Bertz CT molecular complexity index is 913. The van der Waals surface area contributed by atoms with Gasteiger partial charge in [-0.2, -0.15) is 10.1 Å². The summed E-state index contributed by atoms with van der Waals surface area (Å²) in [6, 6.07) is 7.67. The number of fused-ring (bicyclic) bond motifs is 1. The molecule has 3 aromatic rings. The van der Waals surface area contributed by atoms with E-state index in [4.69, 9.17) is 0 Å². The molecule has 3 rings (SSSR count). The Morgan fingerprint density at radius 3 is 2.91 bits per heavy atom. The average Bonchev–Trinajstić information content (AvgIpc) is 2.91. The van der Waals surface area contributed by atoms with Gasteiger partial charge in [-0.1, -0.05) is 36.5 Å². The molecule has 22 heavy (non-hydrogen) atoms. The van der Waals surface area contributed by atoms with E-state index in [1.165, 1.54) is 4.52 Å². The van der Waals surface area contributed by atoms with Gasteiger partial charge in [0.05, 0.1) is 6.20 Å². The van der Waals surface area contributed by atoms with Gasteiger partial charge in [-0.3, -0.25) is 9.59 Å². The summed E-state index contributed by atoms with van der Waals surface area (Å²) in [7, 11) is 0. The molecule has 2 aromatic heterocycles. The maximum atomic E-state index is 12.4. The molecule has 6 nitrogen and oxygen atoms in total. The number of carbonyl (C=O) groups is 1. The minimum absolute atomic E-state index is 0.233. The lowest BCUT2D eigenvalue weighted by molar-refractivity contribution is 0.103. The molecule has 0 fully saturated rings. The zero-order valence-corrected chi connectivity index (χ0v) is 13.0. The van der Waals surface area contributed by atoms with E-state index >= 15 is 0 Å². The van der Waals surface area contributed by atoms with Gasteiger partial charge >= 0.3 is 0 Å². The Morgan fingerprint density at radius 2 is 2.14 bits per heavy atom. The second kappa shape index (κ2) is 5.69. The molecule has 0 spiro atoms. The van der Waals surface area contributed by atoms with Crippen molar-refractivity contribution in [3.05, 3.63) is 57.0 Å². The van der Waals surface area contributed by atoms with Crippen molar-refractivity contribution in [2.45, 2.75) is 20.3 Å². The van der Waals surface area contributed by atoms with E-state index in [0.29, 0.717) is 15.5 Å². The number of hydrogen-bond acceptors (Lipinski definition) is 5. The van der Waals surface area contributed by atoms with Gasteiger partial charge in [0.2, 0.25) is 4.96 Å². The van der Waals surface area contributed by atoms with Gasteiger partial charge in [0.1, 0.15) is 10.6 Å². The van der Waals surface area contributed by atoms with E-state index in [9.17, 15) is 9.59 Å². The first kappa shape index (κ1) is 14.4. The first-order valence-corrected chi connectivity index (χ1v) is 7.66.